The van der Waals surface area contributed by atoms with Crippen molar-refractivity contribution in [2.24, 2.45) is 0 Å². The van der Waals surface area contributed by atoms with E-state index in [2.05, 4.69) is 4.74 Å². The van der Waals surface area contributed by atoms with Crippen molar-refractivity contribution in [3.8, 4) is 16.6 Å². The summed E-state index contributed by atoms with van der Waals surface area (Å²) in [6, 6.07) is 5.25. The van der Waals surface area contributed by atoms with Gasteiger partial charge in [0.15, 0.2) is 10.8 Å². The molecule has 1 aromatic carbocycles. The van der Waals surface area contributed by atoms with Crippen molar-refractivity contribution >= 4 is 45.7 Å². The first-order chi connectivity index (χ1) is 12.7. The van der Waals surface area contributed by atoms with Gasteiger partial charge in [0.25, 0.3) is 5.91 Å². The minimum absolute atomic E-state index is 0.00340. The zero-order valence-corrected chi connectivity index (χ0v) is 15.5. The summed E-state index contributed by atoms with van der Waals surface area (Å²) in [5.74, 6) is -1.31. The summed E-state index contributed by atoms with van der Waals surface area (Å²) in [6.07, 6.45) is 0. The van der Waals surface area contributed by atoms with E-state index in [4.69, 9.17) is 16.3 Å². The standard InChI is InChI=1S/C17H12ClF2NO5S/c1-7-15(25-8(2)22)9-5-12(23)10(18)6-11(9)21(7)16(24)13-3-4-14(27-13)26-17(19)20/h3-6,17,23H,1-2H3. The third-order valence-electron chi connectivity index (χ3n) is 3.66. The maximum atomic E-state index is 13.0. The van der Waals surface area contributed by atoms with Crippen molar-refractivity contribution in [1.82, 2.24) is 4.57 Å². The maximum Gasteiger partial charge on any atom is 0.388 e. The van der Waals surface area contributed by atoms with Gasteiger partial charge in [0.05, 0.1) is 21.1 Å². The van der Waals surface area contributed by atoms with Gasteiger partial charge in [-0.2, -0.15) is 8.78 Å². The Morgan fingerprint density at radius 1 is 1.30 bits per heavy atom. The topological polar surface area (TPSA) is 77.8 Å². The molecule has 0 aliphatic rings. The highest BCUT2D eigenvalue weighted by atomic mass is 35.5. The highest BCUT2D eigenvalue weighted by molar-refractivity contribution is 7.15. The predicted octanol–water partition coefficient (Wildman–Crippen LogP) is 4.59. The lowest BCUT2D eigenvalue weighted by atomic mass is 10.2. The molecular formula is C17H12ClF2NO5S. The van der Waals surface area contributed by atoms with Gasteiger partial charge in [-0.3, -0.25) is 14.2 Å². The fourth-order valence-corrected chi connectivity index (χ4v) is 3.57. The van der Waals surface area contributed by atoms with Crippen LogP contribution in [0.15, 0.2) is 24.3 Å². The first-order valence-electron chi connectivity index (χ1n) is 7.50. The molecule has 1 N–H and O–H groups in total. The van der Waals surface area contributed by atoms with Crippen LogP contribution < -0.4 is 9.47 Å². The average Bonchev–Trinajstić information content (AvgIpc) is 3.11. The van der Waals surface area contributed by atoms with Crippen molar-refractivity contribution in [2.45, 2.75) is 20.5 Å². The molecule has 2 heterocycles. The number of esters is 1. The van der Waals surface area contributed by atoms with E-state index in [9.17, 15) is 23.5 Å². The van der Waals surface area contributed by atoms with Gasteiger partial charge in [0.1, 0.15) is 5.75 Å². The van der Waals surface area contributed by atoms with E-state index in [1.165, 1.54) is 35.8 Å². The van der Waals surface area contributed by atoms with Crippen LogP contribution in [0.5, 0.6) is 16.6 Å². The molecular weight excluding hydrogens is 404 g/mol. The summed E-state index contributed by atoms with van der Waals surface area (Å²) >= 11 is 6.71. The number of rotatable bonds is 4. The fraction of sp³-hybridized carbons (Fsp3) is 0.176. The van der Waals surface area contributed by atoms with E-state index in [0.29, 0.717) is 10.9 Å². The first-order valence-corrected chi connectivity index (χ1v) is 8.69. The van der Waals surface area contributed by atoms with Gasteiger partial charge in [0, 0.05) is 12.3 Å². The number of alkyl halides is 2. The smallest absolute Gasteiger partial charge is 0.388 e. The number of carbonyl (C=O) groups excluding carboxylic acids is 2. The Morgan fingerprint density at radius 2 is 2.00 bits per heavy atom. The molecule has 0 bridgehead atoms. The number of phenols is 1. The Labute approximate surface area is 160 Å². The number of thiophene rings is 1. The monoisotopic (exact) mass is 415 g/mol. The van der Waals surface area contributed by atoms with Crippen LogP contribution in [0.3, 0.4) is 0 Å². The molecule has 0 amide bonds. The Kier molecular flexibility index (Phi) is 5.07. The fourth-order valence-electron chi connectivity index (χ4n) is 2.63. The minimum Gasteiger partial charge on any atom is -0.506 e. The molecule has 0 aliphatic heterocycles. The number of carbonyl (C=O) groups is 2. The molecule has 0 fully saturated rings. The van der Waals surface area contributed by atoms with Crippen LogP contribution in [-0.2, 0) is 4.79 Å². The van der Waals surface area contributed by atoms with Crippen molar-refractivity contribution in [3.05, 3.63) is 39.9 Å². The molecule has 0 aliphatic carbocycles. The number of aromatic nitrogens is 1. The number of ether oxygens (including phenoxy) is 2. The van der Waals surface area contributed by atoms with Crippen LogP contribution in [0, 0.1) is 6.92 Å². The van der Waals surface area contributed by atoms with Gasteiger partial charge in [-0.25, -0.2) is 0 Å². The van der Waals surface area contributed by atoms with Crippen LogP contribution in [0.1, 0.15) is 22.3 Å². The normalized spacial score (nSPS) is 11.2. The van der Waals surface area contributed by atoms with Crippen molar-refractivity contribution in [1.29, 1.82) is 0 Å². The van der Waals surface area contributed by atoms with Gasteiger partial charge < -0.3 is 14.6 Å². The zero-order valence-electron chi connectivity index (χ0n) is 14.0. The molecule has 0 saturated heterocycles. The third kappa shape index (κ3) is 3.60. The SMILES string of the molecule is CC(=O)Oc1c(C)n(C(=O)c2ccc(OC(F)F)s2)c2cc(Cl)c(O)cc12. The van der Waals surface area contributed by atoms with Crippen LogP contribution in [0.2, 0.25) is 5.02 Å². The third-order valence-corrected chi connectivity index (χ3v) is 4.93. The minimum atomic E-state index is -3.00. The summed E-state index contributed by atoms with van der Waals surface area (Å²) in [6.45, 7) is -0.253. The first kappa shape index (κ1) is 19.1. The molecule has 0 saturated carbocycles. The van der Waals surface area contributed by atoms with Gasteiger partial charge in [-0.1, -0.05) is 22.9 Å². The number of hydrogen-bond acceptors (Lipinski definition) is 6. The Morgan fingerprint density at radius 3 is 2.63 bits per heavy atom. The Hall–Kier alpha value is -2.65. The van der Waals surface area contributed by atoms with E-state index in [1.807, 2.05) is 0 Å². The summed E-state index contributed by atoms with van der Waals surface area (Å²) in [7, 11) is 0. The van der Waals surface area contributed by atoms with Crippen LogP contribution in [0.25, 0.3) is 10.9 Å². The van der Waals surface area contributed by atoms with E-state index < -0.39 is 18.5 Å². The van der Waals surface area contributed by atoms with Gasteiger partial charge >= 0.3 is 12.6 Å². The van der Waals surface area contributed by atoms with Crippen LogP contribution in [0.4, 0.5) is 8.78 Å². The molecule has 3 rings (SSSR count). The number of halogens is 3. The lowest BCUT2D eigenvalue weighted by Gasteiger charge is -2.06. The number of phenolic OH excluding ortho intramolecular Hbond substituents is 1. The van der Waals surface area contributed by atoms with E-state index >= 15 is 0 Å². The second-order valence-electron chi connectivity index (χ2n) is 5.47. The Balaban J connectivity index is 2.16. The van der Waals surface area contributed by atoms with E-state index in [-0.39, 0.29) is 32.2 Å². The molecule has 0 atom stereocenters. The molecule has 27 heavy (non-hydrogen) atoms. The van der Waals surface area contributed by atoms with Crippen molar-refractivity contribution in [3.63, 3.8) is 0 Å². The predicted molar refractivity (Wildman–Crippen MR) is 95.3 cm³/mol. The second kappa shape index (κ2) is 7.16. The van der Waals surface area contributed by atoms with E-state index in [0.717, 1.165) is 11.3 Å². The molecule has 2 aromatic heterocycles. The number of hydrogen-bond donors (Lipinski definition) is 1. The highest BCUT2D eigenvalue weighted by Gasteiger charge is 2.24. The molecule has 3 aromatic rings. The molecule has 142 valence electrons. The molecule has 0 unspecified atom stereocenters. The molecule has 0 radical (unpaired) electrons. The van der Waals surface area contributed by atoms with E-state index in [1.54, 1.807) is 6.92 Å². The largest absolute Gasteiger partial charge is 0.506 e. The number of nitrogens with zero attached hydrogens (tertiary/aromatic N) is 1. The summed E-state index contributed by atoms with van der Waals surface area (Å²) in [4.78, 5) is 24.5. The molecule has 0 spiro atoms. The summed E-state index contributed by atoms with van der Waals surface area (Å²) < 4.78 is 35.4. The van der Waals surface area contributed by atoms with Crippen LogP contribution in [-0.4, -0.2) is 28.2 Å². The molecule has 6 nitrogen and oxygen atoms in total. The van der Waals surface area contributed by atoms with Crippen LogP contribution >= 0.6 is 22.9 Å². The maximum absolute atomic E-state index is 13.0. The van der Waals surface area contributed by atoms with Gasteiger partial charge in [0.2, 0.25) is 0 Å². The Bertz CT molecular complexity index is 1060. The highest BCUT2D eigenvalue weighted by Crippen LogP contribution is 2.39. The lowest BCUT2D eigenvalue weighted by Crippen LogP contribution is -2.12. The average molecular weight is 416 g/mol. The quantitative estimate of drug-likeness (QED) is 0.631. The summed E-state index contributed by atoms with van der Waals surface area (Å²) in [5.41, 5.74) is 0.581. The number of aromatic hydroxyl groups is 1. The van der Waals surface area contributed by atoms with Gasteiger partial charge in [-0.05, 0) is 31.2 Å². The number of benzene rings is 1. The lowest BCUT2D eigenvalue weighted by molar-refractivity contribution is -0.131. The zero-order chi connectivity index (χ0) is 19.9. The summed E-state index contributed by atoms with van der Waals surface area (Å²) in [5, 5.41) is 10.1. The molecule has 10 heteroatoms. The van der Waals surface area contributed by atoms with Crippen molar-refractivity contribution < 1.29 is 33.0 Å². The van der Waals surface area contributed by atoms with Crippen molar-refractivity contribution in [2.75, 3.05) is 0 Å². The van der Waals surface area contributed by atoms with Gasteiger partial charge in [-0.15, -0.1) is 0 Å². The second-order valence-corrected chi connectivity index (χ2v) is 6.92. The number of fused-ring (bicyclic) bond motifs is 1.